The zero-order chi connectivity index (χ0) is 52.6. The quantitative estimate of drug-likeness (QED) is 0.0336. The largest absolute Gasteiger partial charge is 0.508 e. The highest BCUT2D eigenvalue weighted by molar-refractivity contribution is 6.22. The van der Waals surface area contributed by atoms with Crippen LogP contribution in [0.5, 0.6) is 17.2 Å². The van der Waals surface area contributed by atoms with Gasteiger partial charge in [0.25, 0.3) is 0 Å². The van der Waals surface area contributed by atoms with Crippen molar-refractivity contribution in [3.05, 3.63) is 107 Å². The topological polar surface area (TPSA) is 208 Å². The smallest absolute Gasteiger partial charge is 0.325 e. The molecule has 3 saturated heterocycles. The summed E-state index contributed by atoms with van der Waals surface area (Å²) in [5, 5.41) is 33.0. The Bertz CT molecular complexity index is 2780. The molecule has 0 unspecified atom stereocenters. The van der Waals surface area contributed by atoms with Crippen LogP contribution in [0.3, 0.4) is 0 Å². The molecule has 0 radical (unpaired) electrons. The number of likely N-dealkylation sites (tertiary alicyclic amines) is 2. The van der Waals surface area contributed by atoms with Gasteiger partial charge in [-0.1, -0.05) is 44.2 Å². The minimum atomic E-state index is -0.839. The first-order valence-corrected chi connectivity index (χ1v) is 26.1. The number of rotatable bonds is 17. The third-order valence-corrected chi connectivity index (χ3v) is 15.1. The van der Waals surface area contributed by atoms with Gasteiger partial charge in [-0.2, -0.15) is 4.98 Å². The number of primary amides is 1. The number of aryl methyl sites for hydroxylation is 1. The molecule has 0 aliphatic carbocycles. The van der Waals surface area contributed by atoms with Crippen LogP contribution in [0.2, 0.25) is 0 Å². The van der Waals surface area contributed by atoms with E-state index in [1.165, 1.54) is 17.0 Å². The minimum absolute atomic E-state index is 0.0179. The number of aromatic nitrogens is 2. The maximum atomic E-state index is 13.9. The highest BCUT2D eigenvalue weighted by Crippen LogP contribution is 2.38. The van der Waals surface area contributed by atoms with Crippen molar-refractivity contribution in [1.82, 2.24) is 19.8 Å². The molecule has 0 bridgehead atoms. The van der Waals surface area contributed by atoms with Crippen LogP contribution < -0.4 is 35.4 Å². The number of benzene rings is 4. The van der Waals surface area contributed by atoms with Gasteiger partial charge in [-0.25, -0.2) is 14.7 Å². The second-order valence-electron chi connectivity index (χ2n) is 20.5. The van der Waals surface area contributed by atoms with Gasteiger partial charge in [0.2, 0.25) is 18.3 Å². The number of nitrogens with zero attached hydrogens (tertiary/aromatic N) is 8. The number of carbonyl (C=O) groups excluding carboxylic acids is 3. The average Bonchev–Trinajstić information content (AvgIpc) is 3.40. The summed E-state index contributed by atoms with van der Waals surface area (Å²) in [6, 6.07) is 23.6. The van der Waals surface area contributed by atoms with E-state index in [0.717, 1.165) is 130 Å². The summed E-state index contributed by atoms with van der Waals surface area (Å²) in [5.74, 6) is 2.35. The van der Waals surface area contributed by atoms with Gasteiger partial charge in [0, 0.05) is 76.2 Å². The molecule has 74 heavy (non-hydrogen) atoms. The van der Waals surface area contributed by atoms with E-state index in [4.69, 9.17) is 20.9 Å². The molecule has 17 heteroatoms. The fraction of sp³-hybridized carbons (Fsp3) is 0.439. The SMILES string of the molecule is CCOc1cc(N2CCC(C(=O)N3CCC(CN4CCC(Cc5ccc(N(C(=N)c6cc(C(C)C)c(O)cc6O)C(N)=O)cc5)CC4)CC3)CC2)ccc1Nc1ncc(N(C)C=O)c(N(C)c2ccccc2C)n1. The summed E-state index contributed by atoms with van der Waals surface area (Å²) < 4.78 is 6.15. The number of ether oxygens (including phenoxy) is 1. The molecular formula is C57H73N11O6. The number of amidine groups is 1. The van der Waals surface area contributed by atoms with E-state index in [9.17, 15) is 24.6 Å². The summed E-state index contributed by atoms with van der Waals surface area (Å²) in [6.45, 7) is 14.6. The molecule has 4 heterocycles. The molecule has 3 aliphatic rings. The van der Waals surface area contributed by atoms with Crippen LogP contribution in [0.4, 0.5) is 45.0 Å². The highest BCUT2D eigenvalue weighted by atomic mass is 16.5. The molecule has 0 saturated carbocycles. The van der Waals surface area contributed by atoms with Gasteiger partial charge in [0.15, 0.2) is 5.82 Å². The van der Waals surface area contributed by atoms with Crippen molar-refractivity contribution < 1.29 is 29.3 Å². The molecule has 0 atom stereocenters. The second kappa shape index (κ2) is 23.6. The molecule has 8 rings (SSSR count). The third kappa shape index (κ3) is 12.2. The molecule has 0 spiro atoms. The zero-order valence-electron chi connectivity index (χ0n) is 43.8. The van der Waals surface area contributed by atoms with E-state index >= 15 is 0 Å². The number of hydrogen-bond donors (Lipinski definition) is 5. The monoisotopic (exact) mass is 1010 g/mol. The normalized spacial score (nSPS) is 16.0. The van der Waals surface area contributed by atoms with Crippen LogP contribution in [0, 0.1) is 30.1 Å². The van der Waals surface area contributed by atoms with Crippen molar-refractivity contribution in [3.8, 4) is 17.2 Å². The first-order valence-electron chi connectivity index (χ1n) is 26.1. The predicted octanol–water partition coefficient (Wildman–Crippen LogP) is 9.14. The van der Waals surface area contributed by atoms with Crippen LogP contribution in [-0.4, -0.2) is 121 Å². The zero-order valence-corrected chi connectivity index (χ0v) is 43.8. The Morgan fingerprint density at radius 1 is 0.878 bits per heavy atom. The van der Waals surface area contributed by atoms with Crippen molar-refractivity contribution in [1.29, 1.82) is 5.41 Å². The number of amides is 4. The van der Waals surface area contributed by atoms with Crippen molar-refractivity contribution >= 4 is 64.4 Å². The lowest BCUT2D eigenvalue weighted by molar-refractivity contribution is -0.137. The minimum Gasteiger partial charge on any atom is -0.508 e. The number of aromatic hydroxyl groups is 2. The predicted molar refractivity (Wildman–Crippen MR) is 293 cm³/mol. The second-order valence-corrected chi connectivity index (χ2v) is 20.5. The van der Waals surface area contributed by atoms with E-state index < -0.39 is 6.03 Å². The Kier molecular flexibility index (Phi) is 16.9. The van der Waals surface area contributed by atoms with E-state index in [-0.39, 0.29) is 34.7 Å². The first kappa shape index (κ1) is 52.9. The number of urea groups is 1. The molecule has 392 valence electrons. The van der Waals surface area contributed by atoms with Crippen LogP contribution in [0.15, 0.2) is 85.1 Å². The molecule has 3 aliphatic heterocycles. The number of piperidine rings is 3. The maximum absolute atomic E-state index is 13.9. The number of hydrogen-bond acceptors (Lipinski definition) is 13. The Morgan fingerprint density at radius 2 is 1.57 bits per heavy atom. The van der Waals surface area contributed by atoms with Crippen molar-refractivity contribution in [2.24, 2.45) is 23.5 Å². The lowest BCUT2D eigenvalue weighted by Gasteiger charge is -2.40. The number of anilines is 7. The van der Waals surface area contributed by atoms with Gasteiger partial charge < -0.3 is 50.5 Å². The molecule has 3 fully saturated rings. The maximum Gasteiger partial charge on any atom is 0.325 e. The summed E-state index contributed by atoms with van der Waals surface area (Å²) in [7, 11) is 3.61. The van der Waals surface area contributed by atoms with Gasteiger partial charge >= 0.3 is 6.03 Å². The van der Waals surface area contributed by atoms with Gasteiger partial charge in [0.1, 0.15) is 28.8 Å². The fourth-order valence-corrected chi connectivity index (χ4v) is 10.8. The van der Waals surface area contributed by atoms with E-state index in [2.05, 4.69) is 31.1 Å². The number of carbonyl (C=O) groups is 3. The Hall–Kier alpha value is -7.40. The van der Waals surface area contributed by atoms with Crippen molar-refractivity contribution in [3.63, 3.8) is 0 Å². The molecule has 6 N–H and O–H groups in total. The standard InChI is InChI=1S/C57H73N11O6/c1-7-74-52-31-44(16-17-47(52)61-57-60-34-49(63(5)36-69)54(62-57)64(6)48-11-9-8-10-38(48)4)66-28-22-42(23-29-66)55(72)67-26-20-41(21-27-67)35-65-24-18-40(19-25-65)30-39-12-14-43(15-13-39)68(56(59)73)53(58)46-32-45(37(2)3)50(70)33-51(46)71/h8-17,31-34,36-37,40-42,58,70-71H,7,18-30,35H2,1-6H3,(H2,59,73)(H,60,61,62). The third-order valence-electron chi connectivity index (χ3n) is 15.1. The van der Waals surface area contributed by atoms with Crippen LogP contribution in [-0.2, 0) is 16.0 Å². The van der Waals surface area contributed by atoms with Crippen LogP contribution >= 0.6 is 0 Å². The molecule has 4 aromatic carbocycles. The van der Waals surface area contributed by atoms with E-state index in [1.54, 1.807) is 25.4 Å². The summed E-state index contributed by atoms with van der Waals surface area (Å²) >= 11 is 0. The number of nitrogens with one attached hydrogen (secondary N) is 2. The number of nitrogens with two attached hydrogens (primary N) is 1. The van der Waals surface area contributed by atoms with Crippen molar-refractivity contribution in [2.45, 2.75) is 78.6 Å². The van der Waals surface area contributed by atoms with Crippen LogP contribution in [0.25, 0.3) is 0 Å². The Balaban J connectivity index is 0.782. The van der Waals surface area contributed by atoms with E-state index in [1.807, 2.05) is 88.2 Å². The lowest BCUT2D eigenvalue weighted by Crippen LogP contribution is -2.47. The molecule has 17 nitrogen and oxygen atoms in total. The van der Waals surface area contributed by atoms with Gasteiger partial charge in [0.05, 0.1) is 29.7 Å². The number of para-hydroxylation sites is 1. The fourth-order valence-electron chi connectivity index (χ4n) is 10.8. The van der Waals surface area contributed by atoms with Gasteiger partial charge in [-0.05, 0) is 143 Å². The van der Waals surface area contributed by atoms with Gasteiger partial charge in [-0.15, -0.1) is 0 Å². The van der Waals surface area contributed by atoms with E-state index in [0.29, 0.717) is 58.8 Å². The van der Waals surface area contributed by atoms with Crippen molar-refractivity contribution in [2.75, 3.05) is 91.4 Å². The summed E-state index contributed by atoms with van der Waals surface area (Å²) in [6.07, 6.45) is 9.16. The molecular weight excluding hydrogens is 935 g/mol. The summed E-state index contributed by atoms with van der Waals surface area (Å²) in [4.78, 5) is 59.3. The molecule has 5 aromatic rings. The molecule has 1 aromatic heterocycles. The summed E-state index contributed by atoms with van der Waals surface area (Å²) in [5.41, 5.74) is 12.4. The highest BCUT2D eigenvalue weighted by Gasteiger charge is 2.33. The number of phenolic OH excluding ortho intramolecular Hbond substituents is 2. The van der Waals surface area contributed by atoms with Crippen LogP contribution in [0.1, 0.15) is 87.5 Å². The lowest BCUT2D eigenvalue weighted by atomic mass is 9.88. The first-order chi connectivity index (χ1) is 35.6. The average molecular weight is 1010 g/mol. The van der Waals surface area contributed by atoms with Gasteiger partial charge in [-0.3, -0.25) is 15.0 Å². The Morgan fingerprint density at radius 3 is 2.22 bits per heavy atom. The molecule has 4 amide bonds. The Labute approximate surface area is 435 Å². The number of phenols is 2.